The Hall–Kier alpha value is 0.610. The highest BCUT2D eigenvalue weighted by molar-refractivity contribution is 14.1. The molecule has 2 aliphatic rings. The summed E-state index contributed by atoms with van der Waals surface area (Å²) in [5, 5.41) is 0. The van der Waals surface area contributed by atoms with Gasteiger partial charge in [0.05, 0.1) is 4.55 Å². The van der Waals surface area contributed by atoms with Gasteiger partial charge < -0.3 is 0 Å². The summed E-state index contributed by atoms with van der Waals surface area (Å²) in [6.07, 6.45) is 2.74. The van der Waals surface area contributed by atoms with Crippen LogP contribution in [0.4, 0.5) is 0 Å². The maximum absolute atomic E-state index is 2.75. The third-order valence-corrected chi connectivity index (χ3v) is 5.61. The summed E-state index contributed by atoms with van der Waals surface area (Å²) in [5.41, 5.74) is 0. The number of piperazine rings is 1. The fourth-order valence-corrected chi connectivity index (χ4v) is 4.34. The molecule has 1 unspecified atom stereocenters. The average Bonchev–Trinajstić information content (AvgIpc) is 2.38. The molecule has 2 saturated heterocycles. The van der Waals surface area contributed by atoms with Crippen molar-refractivity contribution in [2.24, 2.45) is 0 Å². The summed E-state index contributed by atoms with van der Waals surface area (Å²) >= 11 is 2.50. The molecule has 0 bridgehead atoms. The van der Waals surface area contributed by atoms with Crippen molar-refractivity contribution in [3.8, 4) is 0 Å². The van der Waals surface area contributed by atoms with E-state index in [1.807, 2.05) is 0 Å². The smallest absolute Gasteiger partial charge is 0.0508 e. The number of hydrogen-bond donors (Lipinski definition) is 0. The summed E-state index contributed by atoms with van der Waals surface area (Å²) in [6.45, 7) is 13.4. The lowest BCUT2D eigenvalue weighted by Crippen LogP contribution is -2.55. The number of halogens is 1. The molecular weight excluding hydrogens is 337 g/mol. The molecule has 2 rings (SSSR count). The van der Waals surface area contributed by atoms with Gasteiger partial charge >= 0.3 is 0 Å². The van der Waals surface area contributed by atoms with Crippen LogP contribution in [0.5, 0.6) is 0 Å². The van der Waals surface area contributed by atoms with E-state index in [9.17, 15) is 0 Å². The van der Waals surface area contributed by atoms with Gasteiger partial charge in [0.1, 0.15) is 0 Å². The Morgan fingerprint density at radius 2 is 1.78 bits per heavy atom. The fraction of sp³-hybridized carbons (Fsp3) is 1.00. The van der Waals surface area contributed by atoms with Crippen molar-refractivity contribution >= 4 is 22.6 Å². The average molecular weight is 365 g/mol. The van der Waals surface area contributed by atoms with Crippen molar-refractivity contribution in [3.63, 3.8) is 0 Å². The van der Waals surface area contributed by atoms with Crippen molar-refractivity contribution in [1.29, 1.82) is 0 Å². The summed E-state index contributed by atoms with van der Waals surface area (Å²) in [6, 6.07) is 2.32. The van der Waals surface area contributed by atoms with Crippen molar-refractivity contribution in [1.82, 2.24) is 14.7 Å². The van der Waals surface area contributed by atoms with Gasteiger partial charge in [-0.1, -0.05) is 22.6 Å². The molecule has 0 aromatic heterocycles. The molecular formula is C14H28IN3. The zero-order chi connectivity index (χ0) is 13.1. The Kier molecular flexibility index (Phi) is 5.72. The number of rotatable bonds is 3. The normalized spacial score (nSPS) is 33.2. The molecule has 0 aromatic carbocycles. The first-order valence-electron chi connectivity index (χ1n) is 7.40. The Morgan fingerprint density at radius 3 is 2.28 bits per heavy atom. The first-order valence-corrected chi connectivity index (χ1v) is 8.92. The number of piperidine rings is 1. The molecule has 2 heterocycles. The monoisotopic (exact) mass is 365 g/mol. The predicted molar refractivity (Wildman–Crippen MR) is 86.4 cm³/mol. The van der Waals surface area contributed by atoms with E-state index in [1.54, 1.807) is 0 Å². The van der Waals surface area contributed by atoms with Crippen molar-refractivity contribution in [2.45, 2.75) is 51.7 Å². The second-order valence-corrected chi connectivity index (χ2v) is 6.81. The molecule has 2 aliphatic heterocycles. The zero-order valence-corrected chi connectivity index (χ0v) is 14.3. The van der Waals surface area contributed by atoms with E-state index in [0.29, 0.717) is 6.04 Å². The molecule has 0 spiro atoms. The molecule has 0 aromatic rings. The number of hydrogen-bond acceptors (Lipinski definition) is 3. The van der Waals surface area contributed by atoms with Crippen LogP contribution in [-0.4, -0.2) is 70.1 Å². The lowest BCUT2D eigenvalue weighted by atomic mass is 9.97. The van der Waals surface area contributed by atoms with E-state index in [1.165, 1.54) is 50.1 Å². The van der Waals surface area contributed by atoms with Crippen molar-refractivity contribution in [3.05, 3.63) is 0 Å². The quantitative estimate of drug-likeness (QED) is 0.432. The van der Waals surface area contributed by atoms with E-state index >= 15 is 0 Å². The van der Waals surface area contributed by atoms with Crippen molar-refractivity contribution in [2.75, 3.05) is 37.3 Å². The van der Waals surface area contributed by atoms with Gasteiger partial charge in [0.15, 0.2) is 0 Å². The van der Waals surface area contributed by atoms with Crippen LogP contribution >= 0.6 is 22.6 Å². The molecule has 0 radical (unpaired) electrons. The highest BCUT2D eigenvalue weighted by atomic mass is 127. The van der Waals surface area contributed by atoms with E-state index in [4.69, 9.17) is 0 Å². The van der Waals surface area contributed by atoms with Gasteiger partial charge in [-0.05, 0) is 33.6 Å². The maximum Gasteiger partial charge on any atom is 0.0508 e. The molecule has 0 N–H and O–H groups in total. The van der Waals surface area contributed by atoms with E-state index in [0.717, 1.165) is 12.1 Å². The molecule has 0 saturated carbocycles. The van der Waals surface area contributed by atoms with Gasteiger partial charge in [-0.15, -0.1) is 0 Å². The van der Waals surface area contributed by atoms with Gasteiger partial charge in [-0.2, -0.15) is 0 Å². The van der Waals surface area contributed by atoms with Crippen LogP contribution in [0.1, 0.15) is 33.6 Å². The van der Waals surface area contributed by atoms with Crippen molar-refractivity contribution < 1.29 is 0 Å². The van der Waals surface area contributed by atoms with Crippen LogP contribution in [0.15, 0.2) is 0 Å². The summed E-state index contributed by atoms with van der Waals surface area (Å²) in [5.74, 6) is 0. The largest absolute Gasteiger partial charge is 0.298 e. The fourth-order valence-electron chi connectivity index (χ4n) is 3.32. The zero-order valence-electron chi connectivity index (χ0n) is 12.1. The van der Waals surface area contributed by atoms with Gasteiger partial charge in [0, 0.05) is 50.8 Å². The first-order chi connectivity index (χ1) is 8.61. The Labute approximate surface area is 126 Å². The predicted octanol–water partition coefficient (Wildman–Crippen LogP) is 2.26. The molecule has 18 heavy (non-hydrogen) atoms. The topological polar surface area (TPSA) is 9.72 Å². The Balaban J connectivity index is 1.80. The number of likely N-dealkylation sites (tertiary alicyclic amines) is 1. The van der Waals surface area contributed by atoms with Crippen LogP contribution in [0.3, 0.4) is 0 Å². The maximum atomic E-state index is 2.75. The first kappa shape index (κ1) is 15.0. The molecule has 2 fully saturated rings. The van der Waals surface area contributed by atoms with Gasteiger partial charge in [0.2, 0.25) is 0 Å². The molecule has 2 atom stereocenters. The van der Waals surface area contributed by atoms with Crippen LogP contribution in [0.25, 0.3) is 0 Å². The second-order valence-electron chi connectivity index (χ2n) is 6.12. The minimum atomic E-state index is 0.715. The molecule has 106 valence electrons. The van der Waals surface area contributed by atoms with Gasteiger partial charge in [0.25, 0.3) is 0 Å². The molecule has 0 amide bonds. The Bertz CT molecular complexity index is 251. The lowest BCUT2D eigenvalue weighted by Gasteiger charge is -2.45. The highest BCUT2D eigenvalue weighted by Gasteiger charge is 2.30. The number of alkyl halides is 1. The van der Waals surface area contributed by atoms with Crippen LogP contribution < -0.4 is 0 Å². The van der Waals surface area contributed by atoms with E-state index in [-0.39, 0.29) is 0 Å². The molecule has 3 nitrogen and oxygen atoms in total. The summed E-state index contributed by atoms with van der Waals surface area (Å²) < 4.78 is 1.19. The van der Waals surface area contributed by atoms with Gasteiger partial charge in [-0.25, -0.2) is 0 Å². The second kappa shape index (κ2) is 6.86. The molecule has 0 aliphatic carbocycles. The molecule has 4 heteroatoms. The highest BCUT2D eigenvalue weighted by Crippen LogP contribution is 2.23. The van der Waals surface area contributed by atoms with Crippen LogP contribution in [-0.2, 0) is 0 Å². The third kappa shape index (κ3) is 3.58. The minimum Gasteiger partial charge on any atom is -0.298 e. The van der Waals surface area contributed by atoms with Gasteiger partial charge in [-0.3, -0.25) is 14.7 Å². The lowest BCUT2D eigenvalue weighted by molar-refractivity contribution is 0.0377. The van der Waals surface area contributed by atoms with Crippen LogP contribution in [0.2, 0.25) is 0 Å². The standard InChI is InChI=1S/C14H28IN3/c1-12(2)16-6-8-17(9-7-16)14-4-5-18(11-15)13(3)10-14/h12-14H,4-11H2,1-3H3/t13-,14?/m1/s1. The third-order valence-electron chi connectivity index (χ3n) is 4.74. The minimum absolute atomic E-state index is 0.715. The van der Waals surface area contributed by atoms with E-state index in [2.05, 4.69) is 58.1 Å². The number of nitrogens with zero attached hydrogens (tertiary/aromatic N) is 3. The van der Waals surface area contributed by atoms with Crippen LogP contribution in [0, 0.1) is 0 Å². The SMILES string of the molecule is CC(C)N1CCN(C2CCN(CI)[C@H](C)C2)CC1. The summed E-state index contributed by atoms with van der Waals surface area (Å²) in [7, 11) is 0. The summed E-state index contributed by atoms with van der Waals surface area (Å²) in [4.78, 5) is 7.97. The van der Waals surface area contributed by atoms with E-state index < -0.39 is 0 Å². The Morgan fingerprint density at radius 1 is 1.11 bits per heavy atom.